The van der Waals surface area contributed by atoms with E-state index in [1.807, 2.05) is 22.7 Å². The van der Waals surface area contributed by atoms with Crippen LogP contribution in [0.2, 0.25) is 0 Å². The number of benzene rings is 10. The lowest BCUT2D eigenvalue weighted by Gasteiger charge is -2.18. The summed E-state index contributed by atoms with van der Waals surface area (Å²) < 4.78 is 5.49. The lowest BCUT2D eigenvalue weighted by molar-refractivity contribution is 1.63. The predicted octanol–water partition coefficient (Wildman–Crippen LogP) is 16.0. The van der Waals surface area contributed by atoms with Crippen LogP contribution in [-0.2, 0) is 0 Å². The summed E-state index contributed by atoms with van der Waals surface area (Å²) >= 11 is 3.87. The summed E-state index contributed by atoms with van der Waals surface area (Å²) in [5.41, 5.74) is 7.56. The molecule has 0 saturated heterocycles. The molecule has 12 aromatic rings. The van der Waals surface area contributed by atoms with Crippen molar-refractivity contribution >= 4 is 106 Å². The molecule has 2 aromatic heterocycles. The van der Waals surface area contributed by atoms with Crippen LogP contribution in [0, 0.1) is 0 Å². The van der Waals surface area contributed by atoms with E-state index in [1.54, 1.807) is 0 Å². The topological polar surface area (TPSA) is 0 Å². The molecular formula is C52H30S2. The highest BCUT2D eigenvalue weighted by atomic mass is 32.1. The number of fused-ring (bicyclic) bond motifs is 12. The van der Waals surface area contributed by atoms with Crippen LogP contribution >= 0.6 is 22.7 Å². The van der Waals surface area contributed by atoms with Gasteiger partial charge in [0.25, 0.3) is 0 Å². The van der Waals surface area contributed by atoms with E-state index < -0.39 is 0 Å². The third-order valence-corrected chi connectivity index (χ3v) is 13.9. The molecule has 0 aliphatic heterocycles. The standard InChI is InChI=1S/C52H30S2/c1-2-11-35-29-37(22-19-31(35)9-1)49-42-15-7-5-13-40(42)48(41-14-6-8-16-43(41)49)34-20-17-32(18-21-34)36-23-25-39-44-26-27-45-50-38-12-4-3-10-33(38)24-28-46(50)53-52(45)51(44)54-47(39)30-36/h1-30H. The molecule has 0 bridgehead atoms. The number of thiophene rings is 2. The van der Waals surface area contributed by atoms with Crippen LogP contribution in [0.15, 0.2) is 182 Å². The predicted molar refractivity (Wildman–Crippen MR) is 239 cm³/mol. The van der Waals surface area contributed by atoms with Crippen molar-refractivity contribution in [2.24, 2.45) is 0 Å². The summed E-state index contributed by atoms with van der Waals surface area (Å²) in [5, 5.41) is 15.7. The van der Waals surface area contributed by atoms with Crippen molar-refractivity contribution in [3.05, 3.63) is 182 Å². The molecule has 12 rings (SSSR count). The minimum absolute atomic E-state index is 1.23. The van der Waals surface area contributed by atoms with E-state index in [4.69, 9.17) is 0 Å². The Morgan fingerprint density at radius 2 is 0.759 bits per heavy atom. The van der Waals surface area contributed by atoms with E-state index in [2.05, 4.69) is 182 Å². The molecule has 0 nitrogen and oxygen atoms in total. The van der Waals surface area contributed by atoms with Crippen molar-refractivity contribution < 1.29 is 0 Å². The second kappa shape index (κ2) is 11.6. The molecule has 0 radical (unpaired) electrons. The van der Waals surface area contributed by atoms with Gasteiger partial charge in [-0.25, -0.2) is 0 Å². The normalized spacial score (nSPS) is 12.1. The first kappa shape index (κ1) is 30.2. The van der Waals surface area contributed by atoms with Gasteiger partial charge in [0, 0.05) is 30.9 Å². The van der Waals surface area contributed by atoms with Gasteiger partial charge in [-0.15, -0.1) is 22.7 Å². The van der Waals surface area contributed by atoms with E-state index >= 15 is 0 Å². The second-order valence-electron chi connectivity index (χ2n) is 14.4. The van der Waals surface area contributed by atoms with E-state index in [0.717, 1.165) is 0 Å². The van der Waals surface area contributed by atoms with Gasteiger partial charge in [-0.2, -0.15) is 0 Å². The zero-order valence-corrected chi connectivity index (χ0v) is 30.8. The Morgan fingerprint density at radius 1 is 0.259 bits per heavy atom. The van der Waals surface area contributed by atoms with Crippen molar-refractivity contribution in [3.63, 3.8) is 0 Å². The maximum absolute atomic E-state index is 2.40. The maximum atomic E-state index is 2.40. The van der Waals surface area contributed by atoms with E-state index in [0.29, 0.717) is 0 Å². The summed E-state index contributed by atoms with van der Waals surface area (Å²) in [6.45, 7) is 0. The van der Waals surface area contributed by atoms with E-state index in [9.17, 15) is 0 Å². The van der Waals surface area contributed by atoms with Gasteiger partial charge in [0.1, 0.15) is 0 Å². The number of rotatable bonds is 3. The minimum atomic E-state index is 1.23. The SMILES string of the molecule is c1ccc2cc(-c3c4ccccc4c(-c4ccc(-c5ccc6c(c5)sc5c6ccc6c5sc5ccc7ccccc7c56)cc4)c4ccccc34)ccc2c1. The van der Waals surface area contributed by atoms with Crippen LogP contribution in [0.1, 0.15) is 0 Å². The quantitative estimate of drug-likeness (QED) is 0.160. The monoisotopic (exact) mass is 718 g/mol. The summed E-state index contributed by atoms with van der Waals surface area (Å²) in [4.78, 5) is 0. The smallest absolute Gasteiger partial charge is 0.0534 e. The van der Waals surface area contributed by atoms with E-state index in [-0.39, 0.29) is 0 Å². The Hall–Kier alpha value is -6.32. The van der Waals surface area contributed by atoms with Crippen LogP contribution in [0.3, 0.4) is 0 Å². The molecule has 0 aliphatic rings. The average molecular weight is 719 g/mol. The zero-order valence-electron chi connectivity index (χ0n) is 29.1. The molecule has 0 atom stereocenters. The van der Waals surface area contributed by atoms with Gasteiger partial charge < -0.3 is 0 Å². The van der Waals surface area contributed by atoms with E-state index in [1.165, 1.54) is 117 Å². The first-order valence-corrected chi connectivity index (χ1v) is 20.1. The van der Waals surface area contributed by atoms with Gasteiger partial charge in [0.2, 0.25) is 0 Å². The largest absolute Gasteiger partial charge is 0.134 e. The highest BCUT2D eigenvalue weighted by Crippen LogP contribution is 2.48. The fraction of sp³-hybridized carbons (Fsp3) is 0. The molecule has 250 valence electrons. The van der Waals surface area contributed by atoms with Crippen molar-refractivity contribution in [2.75, 3.05) is 0 Å². The van der Waals surface area contributed by atoms with Crippen LogP contribution in [-0.4, -0.2) is 0 Å². The Bertz CT molecular complexity index is 3430. The van der Waals surface area contributed by atoms with Gasteiger partial charge in [-0.05, 0) is 94.7 Å². The molecule has 0 spiro atoms. The molecular weight excluding hydrogens is 689 g/mol. The molecule has 2 heterocycles. The molecule has 0 unspecified atom stereocenters. The summed E-state index contributed by atoms with van der Waals surface area (Å²) in [5.74, 6) is 0. The van der Waals surface area contributed by atoms with Gasteiger partial charge in [0.15, 0.2) is 0 Å². The number of hydrogen-bond acceptors (Lipinski definition) is 2. The number of hydrogen-bond donors (Lipinski definition) is 0. The Kier molecular flexibility index (Phi) is 6.48. The summed E-state index contributed by atoms with van der Waals surface area (Å²) in [6, 6.07) is 67.7. The third kappa shape index (κ3) is 4.42. The molecule has 0 N–H and O–H groups in total. The van der Waals surface area contributed by atoms with Crippen LogP contribution < -0.4 is 0 Å². The zero-order chi connectivity index (χ0) is 35.3. The first-order valence-electron chi connectivity index (χ1n) is 18.5. The summed E-state index contributed by atoms with van der Waals surface area (Å²) in [7, 11) is 0. The van der Waals surface area contributed by atoms with Crippen LogP contribution in [0.4, 0.5) is 0 Å². The maximum Gasteiger partial charge on any atom is 0.0534 e. The lowest BCUT2D eigenvalue weighted by atomic mass is 9.85. The molecule has 0 amide bonds. The molecule has 54 heavy (non-hydrogen) atoms. The van der Waals surface area contributed by atoms with Crippen molar-refractivity contribution in [3.8, 4) is 33.4 Å². The molecule has 0 fully saturated rings. The Labute approximate surface area is 319 Å². The van der Waals surface area contributed by atoms with Crippen molar-refractivity contribution in [1.82, 2.24) is 0 Å². The second-order valence-corrected chi connectivity index (χ2v) is 16.5. The molecule has 0 aliphatic carbocycles. The molecule has 0 saturated carbocycles. The van der Waals surface area contributed by atoms with Crippen molar-refractivity contribution in [2.45, 2.75) is 0 Å². The van der Waals surface area contributed by atoms with Gasteiger partial charge in [-0.1, -0.05) is 164 Å². The van der Waals surface area contributed by atoms with Gasteiger partial charge >= 0.3 is 0 Å². The van der Waals surface area contributed by atoms with Crippen LogP contribution in [0.25, 0.3) is 117 Å². The summed E-state index contributed by atoms with van der Waals surface area (Å²) in [6.07, 6.45) is 0. The lowest BCUT2D eigenvalue weighted by Crippen LogP contribution is -1.91. The van der Waals surface area contributed by atoms with Crippen LogP contribution in [0.5, 0.6) is 0 Å². The first-order chi connectivity index (χ1) is 26.8. The third-order valence-electron chi connectivity index (χ3n) is 11.4. The highest BCUT2D eigenvalue weighted by molar-refractivity contribution is 7.33. The van der Waals surface area contributed by atoms with Gasteiger partial charge in [0.05, 0.1) is 9.40 Å². The highest BCUT2D eigenvalue weighted by Gasteiger charge is 2.18. The average Bonchev–Trinajstić information content (AvgIpc) is 3.81. The van der Waals surface area contributed by atoms with Crippen molar-refractivity contribution in [1.29, 1.82) is 0 Å². The Balaban J connectivity index is 0.982. The fourth-order valence-electron chi connectivity index (χ4n) is 8.94. The van der Waals surface area contributed by atoms with Gasteiger partial charge in [-0.3, -0.25) is 0 Å². The Morgan fingerprint density at radius 3 is 1.50 bits per heavy atom. The minimum Gasteiger partial charge on any atom is -0.134 e. The molecule has 10 aromatic carbocycles. The molecule has 2 heteroatoms. The fourth-order valence-corrected chi connectivity index (χ4v) is 11.5.